The Morgan fingerprint density at radius 1 is 0.923 bits per heavy atom. The largest absolute Gasteiger partial charge is 0.341 e. The number of nitrogens with two attached hydrogens (primary N) is 1. The minimum Gasteiger partial charge on any atom is -0.341 e. The molecule has 0 spiro atoms. The summed E-state index contributed by atoms with van der Waals surface area (Å²) < 4.78 is 0. The molecule has 4 nitrogen and oxygen atoms in total. The minimum absolute atomic E-state index is 0.260. The second-order valence-corrected chi connectivity index (χ2v) is 6.96. The number of aromatic amines is 1. The lowest BCUT2D eigenvalue weighted by atomic mass is 10.1. The second kappa shape index (κ2) is 7.08. The molecule has 0 saturated heterocycles. The molecular formula is C20H16Cl2N4. The Morgan fingerprint density at radius 3 is 2.50 bits per heavy atom. The molecule has 0 aliphatic heterocycles. The molecule has 0 fully saturated rings. The zero-order chi connectivity index (χ0) is 18.1. The molecule has 1 unspecified atom stereocenters. The first-order valence-corrected chi connectivity index (χ1v) is 8.95. The van der Waals surface area contributed by atoms with Crippen LogP contribution in [0.2, 0.25) is 10.0 Å². The molecule has 0 radical (unpaired) electrons. The van der Waals surface area contributed by atoms with Gasteiger partial charge in [-0.1, -0.05) is 35.3 Å². The van der Waals surface area contributed by atoms with E-state index in [1.807, 2.05) is 36.4 Å². The van der Waals surface area contributed by atoms with Gasteiger partial charge in [-0.3, -0.25) is 4.98 Å². The van der Waals surface area contributed by atoms with Crippen molar-refractivity contribution in [3.8, 4) is 11.1 Å². The lowest BCUT2D eigenvalue weighted by Gasteiger charge is -2.09. The third-order valence-electron chi connectivity index (χ3n) is 4.30. The Kier molecular flexibility index (Phi) is 4.64. The highest BCUT2D eigenvalue weighted by Crippen LogP contribution is 2.26. The van der Waals surface area contributed by atoms with Crippen LogP contribution >= 0.6 is 23.2 Å². The van der Waals surface area contributed by atoms with Crippen LogP contribution in [0.3, 0.4) is 0 Å². The first kappa shape index (κ1) is 17.0. The van der Waals surface area contributed by atoms with E-state index in [-0.39, 0.29) is 6.04 Å². The van der Waals surface area contributed by atoms with Gasteiger partial charge in [0.1, 0.15) is 5.82 Å². The average Bonchev–Trinajstić information content (AvgIpc) is 3.09. The van der Waals surface area contributed by atoms with Crippen LogP contribution in [-0.4, -0.2) is 15.0 Å². The summed E-state index contributed by atoms with van der Waals surface area (Å²) in [5.41, 5.74) is 11.4. The summed E-state index contributed by atoms with van der Waals surface area (Å²) >= 11 is 12.0. The van der Waals surface area contributed by atoms with E-state index in [0.29, 0.717) is 16.5 Å². The molecule has 6 heteroatoms. The number of nitrogens with zero attached hydrogens (tertiary/aromatic N) is 2. The van der Waals surface area contributed by atoms with E-state index in [2.05, 4.69) is 21.0 Å². The van der Waals surface area contributed by atoms with E-state index in [9.17, 15) is 0 Å². The van der Waals surface area contributed by atoms with Gasteiger partial charge in [0, 0.05) is 12.4 Å². The number of hydrogen-bond acceptors (Lipinski definition) is 3. The molecule has 2 aromatic heterocycles. The molecule has 2 aromatic carbocycles. The number of hydrogen-bond donors (Lipinski definition) is 2. The number of nitrogens with one attached hydrogen (secondary N) is 1. The molecule has 2 heterocycles. The number of benzene rings is 2. The van der Waals surface area contributed by atoms with E-state index >= 15 is 0 Å². The van der Waals surface area contributed by atoms with Gasteiger partial charge in [-0.2, -0.15) is 0 Å². The topological polar surface area (TPSA) is 67.6 Å². The van der Waals surface area contributed by atoms with Crippen LogP contribution in [0.4, 0.5) is 0 Å². The van der Waals surface area contributed by atoms with Crippen LogP contribution in [0.15, 0.2) is 60.9 Å². The Hall–Kier alpha value is -2.40. The lowest BCUT2D eigenvalue weighted by Crippen LogP contribution is -2.15. The van der Waals surface area contributed by atoms with Gasteiger partial charge in [0.2, 0.25) is 0 Å². The van der Waals surface area contributed by atoms with Gasteiger partial charge in [-0.25, -0.2) is 4.98 Å². The molecule has 0 amide bonds. The van der Waals surface area contributed by atoms with Crippen molar-refractivity contribution in [1.29, 1.82) is 0 Å². The van der Waals surface area contributed by atoms with Crippen LogP contribution in [0, 0.1) is 0 Å². The van der Waals surface area contributed by atoms with Crippen molar-refractivity contribution in [2.45, 2.75) is 12.5 Å². The molecule has 0 aliphatic rings. The average molecular weight is 383 g/mol. The number of halogens is 2. The Balaban J connectivity index is 1.61. The van der Waals surface area contributed by atoms with Crippen LogP contribution in [0.25, 0.3) is 22.2 Å². The normalized spacial score (nSPS) is 12.4. The lowest BCUT2D eigenvalue weighted by molar-refractivity contribution is 0.680. The molecule has 130 valence electrons. The third-order valence-corrected chi connectivity index (χ3v) is 5.04. The van der Waals surface area contributed by atoms with Crippen LogP contribution < -0.4 is 5.73 Å². The predicted molar refractivity (Wildman–Crippen MR) is 106 cm³/mol. The quantitative estimate of drug-likeness (QED) is 0.511. The first-order valence-electron chi connectivity index (χ1n) is 8.20. The van der Waals surface area contributed by atoms with Gasteiger partial charge in [0.15, 0.2) is 0 Å². The summed E-state index contributed by atoms with van der Waals surface area (Å²) in [4.78, 5) is 12.0. The standard InChI is InChI=1S/C20H16Cl2N4/c21-15-3-1-12(9-16(15)22)10-17(23)20-25-18-4-2-14(11-19(18)26-20)13-5-7-24-8-6-13/h1-9,11,17H,10,23H2,(H,25,26). The molecule has 26 heavy (non-hydrogen) atoms. The summed E-state index contributed by atoms with van der Waals surface area (Å²) in [5, 5.41) is 1.07. The SMILES string of the molecule is NC(Cc1ccc(Cl)c(Cl)c1)c1nc2ccc(-c3ccncc3)cc2[nH]1. The van der Waals surface area contributed by atoms with Crippen molar-refractivity contribution in [3.63, 3.8) is 0 Å². The predicted octanol–water partition coefficient (Wildman–Crippen LogP) is 5.17. The van der Waals surface area contributed by atoms with Gasteiger partial charge < -0.3 is 10.7 Å². The summed E-state index contributed by atoms with van der Waals surface area (Å²) in [5.74, 6) is 0.748. The number of imidazole rings is 1. The summed E-state index contributed by atoms with van der Waals surface area (Å²) in [7, 11) is 0. The number of H-pyrrole nitrogens is 1. The second-order valence-electron chi connectivity index (χ2n) is 6.15. The van der Waals surface area contributed by atoms with Crippen LogP contribution in [-0.2, 0) is 6.42 Å². The smallest absolute Gasteiger partial charge is 0.124 e. The molecular weight excluding hydrogens is 367 g/mol. The molecule has 0 saturated carbocycles. The zero-order valence-electron chi connectivity index (χ0n) is 13.8. The fourth-order valence-electron chi connectivity index (χ4n) is 2.95. The Morgan fingerprint density at radius 2 is 1.73 bits per heavy atom. The third kappa shape index (κ3) is 3.44. The van der Waals surface area contributed by atoms with Crippen molar-refractivity contribution >= 4 is 34.2 Å². The number of fused-ring (bicyclic) bond motifs is 1. The minimum atomic E-state index is -0.260. The van der Waals surface area contributed by atoms with E-state index in [1.54, 1.807) is 18.5 Å². The monoisotopic (exact) mass is 382 g/mol. The van der Waals surface area contributed by atoms with E-state index in [4.69, 9.17) is 28.9 Å². The van der Waals surface area contributed by atoms with Crippen molar-refractivity contribution < 1.29 is 0 Å². The highest BCUT2D eigenvalue weighted by molar-refractivity contribution is 6.42. The maximum Gasteiger partial charge on any atom is 0.124 e. The van der Waals surface area contributed by atoms with Gasteiger partial charge in [0.25, 0.3) is 0 Å². The highest BCUT2D eigenvalue weighted by atomic mass is 35.5. The fraction of sp³-hybridized carbons (Fsp3) is 0.100. The summed E-state index contributed by atoms with van der Waals surface area (Å²) in [6, 6.07) is 15.4. The number of pyridine rings is 1. The molecule has 0 aliphatic carbocycles. The van der Waals surface area contributed by atoms with Crippen molar-refractivity contribution in [3.05, 3.63) is 82.4 Å². The molecule has 4 aromatic rings. The maximum atomic E-state index is 6.35. The molecule has 3 N–H and O–H groups in total. The maximum absolute atomic E-state index is 6.35. The van der Waals surface area contributed by atoms with Gasteiger partial charge in [-0.05, 0) is 59.5 Å². The van der Waals surface area contributed by atoms with Gasteiger partial charge in [0.05, 0.1) is 27.1 Å². The molecule has 4 rings (SSSR count). The van der Waals surface area contributed by atoms with Crippen LogP contribution in [0.5, 0.6) is 0 Å². The van der Waals surface area contributed by atoms with Gasteiger partial charge in [-0.15, -0.1) is 0 Å². The summed E-state index contributed by atoms with van der Waals surface area (Å²) in [6.45, 7) is 0. The van der Waals surface area contributed by atoms with Crippen molar-refractivity contribution in [2.75, 3.05) is 0 Å². The molecule has 1 atom stereocenters. The van der Waals surface area contributed by atoms with E-state index in [0.717, 1.165) is 33.5 Å². The molecule has 0 bridgehead atoms. The van der Waals surface area contributed by atoms with E-state index in [1.165, 1.54) is 0 Å². The number of rotatable bonds is 4. The zero-order valence-corrected chi connectivity index (χ0v) is 15.3. The Labute approximate surface area is 161 Å². The van der Waals surface area contributed by atoms with Crippen LogP contribution in [0.1, 0.15) is 17.4 Å². The van der Waals surface area contributed by atoms with Gasteiger partial charge >= 0.3 is 0 Å². The van der Waals surface area contributed by atoms with E-state index < -0.39 is 0 Å². The van der Waals surface area contributed by atoms with Crippen molar-refractivity contribution in [1.82, 2.24) is 15.0 Å². The Bertz CT molecular complexity index is 1060. The first-order chi connectivity index (χ1) is 12.6. The highest BCUT2D eigenvalue weighted by Gasteiger charge is 2.13. The number of aromatic nitrogens is 3. The fourth-order valence-corrected chi connectivity index (χ4v) is 3.27. The summed E-state index contributed by atoms with van der Waals surface area (Å²) in [6.07, 6.45) is 4.18. The van der Waals surface area contributed by atoms with Crippen molar-refractivity contribution in [2.24, 2.45) is 5.73 Å².